The summed E-state index contributed by atoms with van der Waals surface area (Å²) in [5.74, 6) is -0.975. The van der Waals surface area contributed by atoms with Crippen LogP contribution in [-0.2, 0) is 19.6 Å². The first-order valence-corrected chi connectivity index (χ1v) is 10.5. The molecule has 2 fully saturated rings. The quantitative estimate of drug-likeness (QED) is 0.772. The Labute approximate surface area is 154 Å². The number of rotatable bonds is 4. The number of sulfonamides is 1. The number of hydrazine groups is 1. The number of benzene rings is 1. The highest BCUT2D eigenvalue weighted by Gasteiger charge is 2.34. The molecule has 2 amide bonds. The lowest BCUT2D eigenvalue weighted by molar-refractivity contribution is -0.135. The van der Waals surface area contributed by atoms with E-state index >= 15 is 0 Å². The van der Waals surface area contributed by atoms with Crippen molar-refractivity contribution >= 4 is 21.8 Å². The molecule has 1 aliphatic carbocycles. The second-order valence-electron chi connectivity index (χ2n) is 7.12. The molecule has 3 rings (SSSR count). The zero-order chi connectivity index (χ0) is 18.7. The molecule has 1 saturated carbocycles. The van der Waals surface area contributed by atoms with Crippen molar-refractivity contribution in [3.63, 3.8) is 0 Å². The molecule has 8 heteroatoms. The minimum absolute atomic E-state index is 0.0138. The molecule has 0 aromatic heterocycles. The summed E-state index contributed by atoms with van der Waals surface area (Å²) in [6, 6.07) is 6.70. The van der Waals surface area contributed by atoms with Crippen LogP contribution < -0.4 is 10.9 Å². The van der Waals surface area contributed by atoms with Gasteiger partial charge < -0.3 is 0 Å². The van der Waals surface area contributed by atoms with Crippen LogP contribution >= 0.6 is 0 Å². The van der Waals surface area contributed by atoms with Crippen LogP contribution in [0.3, 0.4) is 0 Å². The van der Waals surface area contributed by atoms with Gasteiger partial charge in [-0.25, -0.2) is 8.42 Å². The number of aryl methyl sites for hydroxylation is 1. The Morgan fingerprint density at radius 2 is 1.54 bits per heavy atom. The van der Waals surface area contributed by atoms with E-state index in [4.69, 9.17) is 0 Å². The molecule has 1 aromatic rings. The number of piperidine rings is 1. The lowest BCUT2D eigenvalue weighted by Crippen LogP contribution is -2.51. The van der Waals surface area contributed by atoms with Gasteiger partial charge in [0, 0.05) is 19.0 Å². The standard InChI is InChI=1S/C18H25N3O4S/c1-13-7-9-16(10-8-13)26(24,25)21-11-3-6-15(12-21)18(23)20-19-17(22)14-4-2-5-14/h7-10,14-15H,2-6,11-12H2,1H3,(H,19,22)(H,20,23)/t15-/m0/s1. The van der Waals surface area contributed by atoms with Crippen molar-refractivity contribution in [3.05, 3.63) is 29.8 Å². The first-order valence-electron chi connectivity index (χ1n) is 9.04. The van der Waals surface area contributed by atoms with E-state index < -0.39 is 15.9 Å². The highest BCUT2D eigenvalue weighted by molar-refractivity contribution is 7.89. The zero-order valence-electron chi connectivity index (χ0n) is 14.9. The van der Waals surface area contributed by atoms with E-state index in [0.29, 0.717) is 19.4 Å². The van der Waals surface area contributed by atoms with Crippen LogP contribution in [0.2, 0.25) is 0 Å². The van der Waals surface area contributed by atoms with Gasteiger partial charge in [0.05, 0.1) is 10.8 Å². The van der Waals surface area contributed by atoms with Crippen LogP contribution in [0.15, 0.2) is 29.2 Å². The summed E-state index contributed by atoms with van der Waals surface area (Å²) in [4.78, 5) is 24.4. The molecule has 1 heterocycles. The highest BCUT2D eigenvalue weighted by atomic mass is 32.2. The van der Waals surface area contributed by atoms with Gasteiger partial charge in [-0.2, -0.15) is 4.31 Å². The van der Waals surface area contributed by atoms with E-state index in [-0.39, 0.29) is 29.2 Å². The predicted octanol–water partition coefficient (Wildman–Crippen LogP) is 1.34. The Balaban J connectivity index is 1.60. The molecule has 1 aliphatic heterocycles. The number of nitrogens with zero attached hydrogens (tertiary/aromatic N) is 1. The summed E-state index contributed by atoms with van der Waals surface area (Å²) in [6.07, 6.45) is 3.96. The predicted molar refractivity (Wildman–Crippen MR) is 96.3 cm³/mol. The molecule has 0 bridgehead atoms. The fourth-order valence-corrected chi connectivity index (χ4v) is 4.76. The number of nitrogens with one attached hydrogen (secondary N) is 2. The Morgan fingerprint density at radius 1 is 0.962 bits per heavy atom. The molecular weight excluding hydrogens is 354 g/mol. The molecule has 1 saturated heterocycles. The molecule has 0 radical (unpaired) electrons. The molecule has 2 N–H and O–H groups in total. The topological polar surface area (TPSA) is 95.6 Å². The van der Waals surface area contributed by atoms with E-state index in [1.54, 1.807) is 24.3 Å². The van der Waals surface area contributed by atoms with Crippen LogP contribution in [-0.4, -0.2) is 37.6 Å². The maximum Gasteiger partial charge on any atom is 0.243 e. The van der Waals surface area contributed by atoms with Crippen molar-refractivity contribution in [3.8, 4) is 0 Å². The van der Waals surface area contributed by atoms with Crippen LogP contribution in [0, 0.1) is 18.8 Å². The maximum absolute atomic E-state index is 12.8. The monoisotopic (exact) mass is 379 g/mol. The average Bonchev–Trinajstić information content (AvgIpc) is 2.58. The maximum atomic E-state index is 12.8. The lowest BCUT2D eigenvalue weighted by atomic mass is 9.85. The van der Waals surface area contributed by atoms with Gasteiger partial charge in [0.2, 0.25) is 21.8 Å². The van der Waals surface area contributed by atoms with Crippen molar-refractivity contribution in [2.45, 2.75) is 43.9 Å². The van der Waals surface area contributed by atoms with Gasteiger partial charge in [0.25, 0.3) is 0 Å². The van der Waals surface area contributed by atoms with E-state index in [1.165, 1.54) is 4.31 Å². The minimum atomic E-state index is -3.62. The second-order valence-corrected chi connectivity index (χ2v) is 9.06. The number of carbonyl (C=O) groups is 2. The zero-order valence-corrected chi connectivity index (χ0v) is 15.7. The summed E-state index contributed by atoms with van der Waals surface area (Å²) in [5, 5.41) is 0. The van der Waals surface area contributed by atoms with Gasteiger partial charge in [-0.15, -0.1) is 0 Å². The van der Waals surface area contributed by atoms with Crippen molar-refractivity contribution in [1.82, 2.24) is 15.2 Å². The third-order valence-electron chi connectivity index (χ3n) is 5.20. The molecule has 7 nitrogen and oxygen atoms in total. The lowest BCUT2D eigenvalue weighted by Gasteiger charge is -2.31. The first-order chi connectivity index (χ1) is 12.4. The summed E-state index contributed by atoms with van der Waals surface area (Å²) in [5.41, 5.74) is 5.92. The fraction of sp³-hybridized carbons (Fsp3) is 0.556. The van der Waals surface area contributed by atoms with Gasteiger partial charge >= 0.3 is 0 Å². The smallest absolute Gasteiger partial charge is 0.243 e. The largest absolute Gasteiger partial charge is 0.273 e. The van der Waals surface area contributed by atoms with Crippen LogP contribution in [0.4, 0.5) is 0 Å². The van der Waals surface area contributed by atoms with E-state index in [1.807, 2.05) is 6.92 Å². The molecule has 0 spiro atoms. The van der Waals surface area contributed by atoms with Gasteiger partial charge in [-0.1, -0.05) is 24.1 Å². The number of hydrogen-bond acceptors (Lipinski definition) is 4. The molecular formula is C18H25N3O4S. The van der Waals surface area contributed by atoms with Crippen molar-refractivity contribution < 1.29 is 18.0 Å². The molecule has 1 aromatic carbocycles. The second kappa shape index (κ2) is 7.75. The normalized spacial score (nSPS) is 21.7. The minimum Gasteiger partial charge on any atom is -0.273 e. The van der Waals surface area contributed by atoms with E-state index in [9.17, 15) is 18.0 Å². The van der Waals surface area contributed by atoms with Crippen LogP contribution in [0.5, 0.6) is 0 Å². The number of carbonyl (C=O) groups excluding carboxylic acids is 2. The molecule has 2 aliphatic rings. The van der Waals surface area contributed by atoms with Crippen molar-refractivity contribution in [2.24, 2.45) is 11.8 Å². The van der Waals surface area contributed by atoms with E-state index in [0.717, 1.165) is 24.8 Å². The molecule has 0 unspecified atom stereocenters. The van der Waals surface area contributed by atoms with Crippen molar-refractivity contribution in [2.75, 3.05) is 13.1 Å². The van der Waals surface area contributed by atoms with E-state index in [2.05, 4.69) is 10.9 Å². The summed E-state index contributed by atoms with van der Waals surface area (Å²) >= 11 is 0. The number of hydrogen-bond donors (Lipinski definition) is 2. The Kier molecular flexibility index (Phi) is 5.62. The summed E-state index contributed by atoms with van der Waals surface area (Å²) in [7, 11) is -3.62. The van der Waals surface area contributed by atoms with Gasteiger partial charge in [0.15, 0.2) is 0 Å². The Morgan fingerprint density at radius 3 is 2.12 bits per heavy atom. The van der Waals surface area contributed by atoms with Crippen molar-refractivity contribution in [1.29, 1.82) is 0 Å². The molecule has 26 heavy (non-hydrogen) atoms. The summed E-state index contributed by atoms with van der Waals surface area (Å²) < 4.78 is 26.9. The summed E-state index contributed by atoms with van der Waals surface area (Å²) in [6.45, 7) is 2.42. The van der Waals surface area contributed by atoms with Crippen LogP contribution in [0.25, 0.3) is 0 Å². The highest BCUT2D eigenvalue weighted by Crippen LogP contribution is 2.26. The Hall–Kier alpha value is -1.93. The van der Waals surface area contributed by atoms with Gasteiger partial charge in [0.1, 0.15) is 0 Å². The first kappa shape index (κ1) is 18.8. The Bertz CT molecular complexity index is 772. The average molecular weight is 379 g/mol. The van der Waals surface area contributed by atoms with Crippen LogP contribution in [0.1, 0.15) is 37.7 Å². The number of amides is 2. The van der Waals surface area contributed by atoms with Gasteiger partial charge in [-0.3, -0.25) is 20.4 Å². The molecule has 1 atom stereocenters. The van der Waals surface area contributed by atoms with Gasteiger partial charge in [-0.05, 0) is 44.7 Å². The third kappa shape index (κ3) is 4.07. The SMILES string of the molecule is Cc1ccc(S(=O)(=O)N2CCC[C@H](C(=O)NNC(=O)C3CCC3)C2)cc1. The third-order valence-corrected chi connectivity index (χ3v) is 7.08. The fourth-order valence-electron chi connectivity index (χ4n) is 3.23. The molecule has 142 valence electrons.